The minimum absolute atomic E-state index is 0.236. The number of carbonyl (C=O) groups is 1. The van der Waals surface area contributed by atoms with Crippen molar-refractivity contribution in [3.63, 3.8) is 0 Å². The van der Waals surface area contributed by atoms with Gasteiger partial charge in [-0.05, 0) is 13.0 Å². The van der Waals surface area contributed by atoms with Crippen LogP contribution in [-0.4, -0.2) is 24.2 Å². The van der Waals surface area contributed by atoms with Crippen LogP contribution in [0.1, 0.15) is 206 Å². The van der Waals surface area contributed by atoms with E-state index in [0.717, 1.165) is 6.54 Å². The Labute approximate surface area is 240 Å². The lowest BCUT2D eigenvalue weighted by molar-refractivity contribution is -0.136. The van der Waals surface area contributed by atoms with E-state index in [1.54, 1.807) is 0 Å². The fourth-order valence-corrected chi connectivity index (χ4v) is 5.59. The van der Waals surface area contributed by atoms with Crippen LogP contribution in [0.25, 0.3) is 0 Å². The molecule has 0 radical (unpaired) electrons. The van der Waals surface area contributed by atoms with Crippen molar-refractivity contribution in [2.24, 2.45) is 0 Å². The van der Waals surface area contributed by atoms with E-state index >= 15 is 0 Å². The molecule has 0 aromatic heterocycles. The second-order valence-corrected chi connectivity index (χ2v) is 12.1. The van der Waals surface area contributed by atoms with Crippen molar-refractivity contribution >= 4 is 5.97 Å². The van der Waals surface area contributed by atoms with Gasteiger partial charge in [-0.2, -0.15) is 0 Å². The Morgan fingerprint density at radius 3 is 0.868 bits per heavy atom. The van der Waals surface area contributed by atoms with E-state index in [-0.39, 0.29) is 6.42 Å². The molecule has 3 nitrogen and oxygen atoms in total. The quantitative estimate of drug-likeness (QED) is 0.0802. The fraction of sp³-hybridized carbons (Fsp3) is 0.971. The van der Waals surface area contributed by atoms with Crippen LogP contribution in [0, 0.1) is 0 Å². The zero-order valence-corrected chi connectivity index (χ0v) is 26.2. The Morgan fingerprint density at radius 2 is 0.632 bits per heavy atom. The number of unbranched alkanes of at least 4 members (excludes halogenated alkanes) is 29. The van der Waals surface area contributed by atoms with Crippen LogP contribution in [0.2, 0.25) is 0 Å². The fourth-order valence-electron chi connectivity index (χ4n) is 5.59. The molecular weight excluding hydrogens is 466 g/mol. The molecule has 0 aromatic rings. The molecule has 0 atom stereocenters. The second kappa shape index (κ2) is 34.5. The molecule has 0 aliphatic rings. The highest BCUT2D eigenvalue weighted by atomic mass is 16.4. The highest BCUT2D eigenvalue weighted by Crippen LogP contribution is 2.16. The Hall–Kier alpha value is -0.570. The third-order valence-corrected chi connectivity index (χ3v) is 8.22. The van der Waals surface area contributed by atoms with Gasteiger partial charge >= 0.3 is 5.97 Å². The largest absolute Gasteiger partial charge is 0.481 e. The molecule has 0 bridgehead atoms. The van der Waals surface area contributed by atoms with E-state index in [0.29, 0.717) is 6.54 Å². The summed E-state index contributed by atoms with van der Waals surface area (Å²) < 4.78 is 0. The zero-order valence-electron chi connectivity index (χ0n) is 26.2. The second-order valence-electron chi connectivity index (χ2n) is 12.1. The van der Waals surface area contributed by atoms with Crippen molar-refractivity contribution in [2.45, 2.75) is 206 Å². The first-order valence-electron chi connectivity index (χ1n) is 17.7. The lowest BCUT2D eigenvalue weighted by Crippen LogP contribution is -2.19. The minimum atomic E-state index is -0.710. The predicted octanol–water partition coefficient (Wildman–Crippen LogP) is 11.8. The number of hydrogen-bond acceptors (Lipinski definition) is 2. The monoisotopic (exact) mass is 538 g/mol. The van der Waals surface area contributed by atoms with Crippen LogP contribution in [0.4, 0.5) is 0 Å². The maximum atomic E-state index is 10.4. The predicted molar refractivity (Wildman–Crippen MR) is 169 cm³/mol. The van der Waals surface area contributed by atoms with Gasteiger partial charge in [0.1, 0.15) is 0 Å². The molecule has 0 heterocycles. The van der Waals surface area contributed by atoms with Crippen molar-refractivity contribution in [3.8, 4) is 0 Å². The number of carboxylic acids is 1. The van der Waals surface area contributed by atoms with Crippen LogP contribution in [0.15, 0.2) is 0 Å². The maximum Gasteiger partial charge on any atom is 0.304 e. The van der Waals surface area contributed by atoms with Crippen molar-refractivity contribution in [1.82, 2.24) is 5.32 Å². The van der Waals surface area contributed by atoms with E-state index in [1.165, 1.54) is 193 Å². The molecule has 0 saturated heterocycles. The number of aliphatic carboxylic acids is 1. The van der Waals surface area contributed by atoms with Crippen LogP contribution < -0.4 is 5.32 Å². The highest BCUT2D eigenvalue weighted by molar-refractivity contribution is 5.66. The van der Waals surface area contributed by atoms with Gasteiger partial charge in [-0.15, -0.1) is 0 Å². The van der Waals surface area contributed by atoms with E-state index in [9.17, 15) is 4.79 Å². The first kappa shape index (κ1) is 37.4. The normalized spacial score (nSPS) is 11.4. The smallest absolute Gasteiger partial charge is 0.304 e. The van der Waals surface area contributed by atoms with E-state index in [2.05, 4.69) is 12.2 Å². The summed E-state index contributed by atoms with van der Waals surface area (Å²) in [5.41, 5.74) is 0. The van der Waals surface area contributed by atoms with Crippen molar-refractivity contribution in [3.05, 3.63) is 0 Å². The summed E-state index contributed by atoms with van der Waals surface area (Å²) >= 11 is 0. The van der Waals surface area contributed by atoms with Gasteiger partial charge in [0.2, 0.25) is 0 Å². The molecule has 2 N–H and O–H groups in total. The van der Waals surface area contributed by atoms with Crippen LogP contribution >= 0.6 is 0 Å². The van der Waals surface area contributed by atoms with Gasteiger partial charge in [0.15, 0.2) is 0 Å². The van der Waals surface area contributed by atoms with Gasteiger partial charge in [0.05, 0.1) is 6.42 Å². The average Bonchev–Trinajstić information content (AvgIpc) is 2.91. The van der Waals surface area contributed by atoms with Gasteiger partial charge in [-0.25, -0.2) is 0 Å². The van der Waals surface area contributed by atoms with E-state index in [4.69, 9.17) is 5.11 Å². The first-order valence-corrected chi connectivity index (χ1v) is 17.7. The summed E-state index contributed by atoms with van der Waals surface area (Å²) in [7, 11) is 0. The molecule has 0 saturated carbocycles. The zero-order chi connectivity index (χ0) is 27.6. The van der Waals surface area contributed by atoms with Gasteiger partial charge in [-0.3, -0.25) is 4.79 Å². The van der Waals surface area contributed by atoms with Gasteiger partial charge in [0.25, 0.3) is 0 Å². The summed E-state index contributed by atoms with van der Waals surface area (Å²) in [6.45, 7) is 3.87. The summed E-state index contributed by atoms with van der Waals surface area (Å²) in [5.74, 6) is -0.710. The molecule has 0 unspecified atom stereocenters. The first-order chi connectivity index (χ1) is 18.8. The maximum absolute atomic E-state index is 10.4. The molecule has 0 aliphatic carbocycles. The Kier molecular flexibility index (Phi) is 33.9. The molecule has 0 rings (SSSR count). The molecule has 0 amide bonds. The van der Waals surface area contributed by atoms with Gasteiger partial charge in [0, 0.05) is 6.54 Å². The van der Waals surface area contributed by atoms with E-state index < -0.39 is 5.97 Å². The third kappa shape index (κ3) is 35.4. The molecule has 0 fully saturated rings. The molecule has 38 heavy (non-hydrogen) atoms. The standard InChI is InChI=1S/C35H71NO2/c1-2-3-4-5-6-7-8-9-10-11-12-13-14-15-16-17-18-19-20-21-22-23-24-25-26-27-28-29-30-31-33-36-34-32-35(37)38/h36H,2-34H2,1H3,(H,37,38). The lowest BCUT2D eigenvalue weighted by atomic mass is 10.0. The Bertz CT molecular complexity index is 440. The molecule has 228 valence electrons. The number of hydrogen-bond donors (Lipinski definition) is 2. The van der Waals surface area contributed by atoms with Gasteiger partial charge < -0.3 is 10.4 Å². The van der Waals surface area contributed by atoms with Crippen LogP contribution in [0.5, 0.6) is 0 Å². The van der Waals surface area contributed by atoms with Crippen molar-refractivity contribution < 1.29 is 9.90 Å². The molecule has 0 aromatic carbocycles. The average molecular weight is 538 g/mol. The number of carboxylic acid groups (broad SMARTS) is 1. The topological polar surface area (TPSA) is 49.3 Å². The molecule has 0 aliphatic heterocycles. The minimum Gasteiger partial charge on any atom is -0.481 e. The summed E-state index contributed by atoms with van der Waals surface area (Å²) in [5, 5.41) is 11.8. The number of rotatable bonds is 34. The Balaban J connectivity index is 3.02. The highest BCUT2D eigenvalue weighted by Gasteiger charge is 1.98. The van der Waals surface area contributed by atoms with Crippen LogP contribution in [0.3, 0.4) is 0 Å². The van der Waals surface area contributed by atoms with Crippen molar-refractivity contribution in [1.29, 1.82) is 0 Å². The molecular formula is C35H71NO2. The SMILES string of the molecule is CCCCCCCCCCCCCCCCCCCCCCCCCCCCCCCCNCCC(=O)O. The number of nitrogens with one attached hydrogen (secondary N) is 1. The molecule has 3 heteroatoms. The van der Waals surface area contributed by atoms with Crippen LogP contribution in [-0.2, 0) is 4.79 Å². The third-order valence-electron chi connectivity index (χ3n) is 8.22. The summed E-state index contributed by atoms with van der Waals surface area (Å²) in [6, 6.07) is 0. The molecule has 0 spiro atoms. The van der Waals surface area contributed by atoms with Gasteiger partial charge in [-0.1, -0.05) is 193 Å². The Morgan fingerprint density at radius 1 is 0.395 bits per heavy atom. The van der Waals surface area contributed by atoms with Crippen molar-refractivity contribution in [2.75, 3.05) is 13.1 Å². The van der Waals surface area contributed by atoms with E-state index in [1.807, 2.05) is 0 Å². The lowest BCUT2D eigenvalue weighted by Gasteiger charge is -2.05. The summed E-state index contributed by atoms with van der Waals surface area (Å²) in [6.07, 6.45) is 43.3. The summed E-state index contributed by atoms with van der Waals surface area (Å²) in [4.78, 5) is 10.4.